The number of halogens is 1. The summed E-state index contributed by atoms with van der Waals surface area (Å²) in [7, 11) is 0. The van der Waals surface area contributed by atoms with Crippen molar-refractivity contribution >= 4 is 11.7 Å². The molecule has 0 saturated carbocycles. The zero-order chi connectivity index (χ0) is 21.1. The van der Waals surface area contributed by atoms with Gasteiger partial charge in [-0.05, 0) is 63.5 Å². The molecule has 4 rings (SSSR count). The number of aryl methyl sites for hydroxylation is 1. The third-order valence-electron chi connectivity index (χ3n) is 6.86. The van der Waals surface area contributed by atoms with Crippen LogP contribution < -0.4 is 5.32 Å². The van der Waals surface area contributed by atoms with Crippen LogP contribution in [0.4, 0.5) is 4.39 Å². The number of hydrogen-bond acceptors (Lipinski definition) is 3. The van der Waals surface area contributed by atoms with Crippen molar-refractivity contribution in [3.05, 3.63) is 71.0 Å². The van der Waals surface area contributed by atoms with Gasteiger partial charge in [-0.15, -0.1) is 0 Å². The number of nitrogens with one attached hydrogen (secondary N) is 1. The number of piperidine rings is 1. The molecular formula is C25H29FN2O2. The van der Waals surface area contributed by atoms with Gasteiger partial charge >= 0.3 is 0 Å². The van der Waals surface area contributed by atoms with Gasteiger partial charge in [-0.3, -0.25) is 9.59 Å². The molecule has 1 atom stereocenters. The molecule has 1 N–H and O–H groups in total. The van der Waals surface area contributed by atoms with E-state index in [9.17, 15) is 14.0 Å². The fourth-order valence-electron chi connectivity index (χ4n) is 4.95. The first kappa shape index (κ1) is 20.7. The molecule has 0 aliphatic carbocycles. The van der Waals surface area contributed by atoms with Gasteiger partial charge in [0, 0.05) is 24.4 Å². The van der Waals surface area contributed by atoms with Gasteiger partial charge in [-0.2, -0.15) is 0 Å². The molecule has 30 heavy (non-hydrogen) atoms. The largest absolute Gasteiger partial charge is 0.355 e. The second-order valence-electron chi connectivity index (χ2n) is 8.70. The van der Waals surface area contributed by atoms with E-state index in [1.165, 1.54) is 12.1 Å². The monoisotopic (exact) mass is 408 g/mol. The summed E-state index contributed by atoms with van der Waals surface area (Å²) in [5.41, 5.74) is 2.57. The number of benzene rings is 2. The molecule has 2 saturated heterocycles. The van der Waals surface area contributed by atoms with E-state index in [2.05, 4.69) is 10.2 Å². The smallest absolute Gasteiger partial charge is 0.227 e. The molecule has 1 spiro atoms. The lowest BCUT2D eigenvalue weighted by Gasteiger charge is -2.41. The molecule has 2 heterocycles. The lowest BCUT2D eigenvalue weighted by atomic mass is 9.68. The Morgan fingerprint density at radius 1 is 1.10 bits per heavy atom. The number of Topliss-reactive ketones (excluding diaryl/α,β-unsaturated/α-hetero) is 1. The average Bonchev–Trinajstić information content (AvgIpc) is 3.06. The molecule has 2 aliphatic rings. The molecule has 0 unspecified atom stereocenters. The zero-order valence-corrected chi connectivity index (χ0v) is 17.5. The van der Waals surface area contributed by atoms with Crippen molar-refractivity contribution in [2.75, 3.05) is 26.2 Å². The minimum absolute atomic E-state index is 0.0934. The second kappa shape index (κ2) is 8.68. The predicted octanol–water partition coefficient (Wildman–Crippen LogP) is 4.09. The highest BCUT2D eigenvalue weighted by Gasteiger charge is 2.51. The van der Waals surface area contributed by atoms with Gasteiger partial charge in [-0.1, -0.05) is 42.0 Å². The summed E-state index contributed by atoms with van der Waals surface area (Å²) in [5, 5.41) is 3.04. The first-order chi connectivity index (χ1) is 14.5. The van der Waals surface area contributed by atoms with Gasteiger partial charge in [0.15, 0.2) is 5.78 Å². The highest BCUT2D eigenvalue weighted by atomic mass is 19.1. The minimum atomic E-state index is -0.397. The molecule has 0 aromatic heterocycles. The van der Waals surface area contributed by atoms with Crippen LogP contribution in [0.25, 0.3) is 0 Å². The topological polar surface area (TPSA) is 49.4 Å². The Morgan fingerprint density at radius 3 is 2.43 bits per heavy atom. The van der Waals surface area contributed by atoms with Crippen molar-refractivity contribution in [2.45, 2.75) is 38.5 Å². The van der Waals surface area contributed by atoms with Crippen molar-refractivity contribution in [3.8, 4) is 0 Å². The van der Waals surface area contributed by atoms with Crippen LogP contribution in [0.2, 0.25) is 0 Å². The van der Waals surface area contributed by atoms with Crippen molar-refractivity contribution < 1.29 is 14.0 Å². The van der Waals surface area contributed by atoms with Crippen molar-refractivity contribution in [3.63, 3.8) is 0 Å². The molecule has 2 aliphatic heterocycles. The molecule has 1 amide bonds. The van der Waals surface area contributed by atoms with Crippen molar-refractivity contribution in [1.29, 1.82) is 0 Å². The molecule has 2 aromatic carbocycles. The number of hydrogen-bond donors (Lipinski definition) is 1. The lowest BCUT2D eigenvalue weighted by molar-refractivity contribution is -0.130. The maximum atomic E-state index is 13.3. The molecule has 4 nitrogen and oxygen atoms in total. The Kier molecular flexibility index (Phi) is 6.00. The van der Waals surface area contributed by atoms with E-state index in [1.54, 1.807) is 0 Å². The van der Waals surface area contributed by atoms with E-state index in [0.29, 0.717) is 13.0 Å². The summed E-state index contributed by atoms with van der Waals surface area (Å²) in [6, 6.07) is 14.3. The summed E-state index contributed by atoms with van der Waals surface area (Å²) in [4.78, 5) is 27.5. The van der Waals surface area contributed by atoms with Crippen LogP contribution in [0, 0.1) is 18.2 Å². The summed E-state index contributed by atoms with van der Waals surface area (Å²) < 4.78 is 13.3. The van der Waals surface area contributed by atoms with E-state index >= 15 is 0 Å². The minimum Gasteiger partial charge on any atom is -0.355 e. The van der Waals surface area contributed by atoms with Crippen LogP contribution in [0.3, 0.4) is 0 Å². The van der Waals surface area contributed by atoms with Gasteiger partial charge in [0.05, 0.1) is 5.41 Å². The molecular weight excluding hydrogens is 379 g/mol. The Labute approximate surface area is 177 Å². The summed E-state index contributed by atoms with van der Waals surface area (Å²) in [6.45, 7) is 5.21. The Hall–Kier alpha value is -2.53. The maximum Gasteiger partial charge on any atom is 0.227 e. The number of likely N-dealkylation sites (tertiary alicyclic amines) is 1. The molecule has 2 fully saturated rings. The average molecular weight is 409 g/mol. The number of nitrogens with zero attached hydrogens (tertiary/aromatic N) is 1. The van der Waals surface area contributed by atoms with Crippen LogP contribution in [0.15, 0.2) is 48.5 Å². The van der Waals surface area contributed by atoms with Crippen LogP contribution in [-0.2, 0) is 4.79 Å². The molecule has 5 heteroatoms. The van der Waals surface area contributed by atoms with E-state index in [4.69, 9.17) is 0 Å². The van der Waals surface area contributed by atoms with Gasteiger partial charge < -0.3 is 10.2 Å². The number of ketones is 1. The Morgan fingerprint density at radius 2 is 1.77 bits per heavy atom. The fraction of sp³-hybridized carbons (Fsp3) is 0.440. The SMILES string of the molecule is Cc1ccc(C(=O)CCCN2CCC3(CC2)C(=O)NC[C@@H]3c2ccc(F)cc2)cc1. The molecule has 158 valence electrons. The van der Waals surface area contributed by atoms with Crippen molar-refractivity contribution in [1.82, 2.24) is 10.2 Å². The Balaban J connectivity index is 1.31. The Bertz CT molecular complexity index is 900. The molecule has 0 radical (unpaired) electrons. The van der Waals surface area contributed by atoms with Crippen LogP contribution >= 0.6 is 0 Å². The second-order valence-corrected chi connectivity index (χ2v) is 8.70. The van der Waals surface area contributed by atoms with Gasteiger partial charge in [0.1, 0.15) is 5.82 Å². The number of amides is 1. The highest BCUT2D eigenvalue weighted by Crippen LogP contribution is 2.47. The normalized spacial score (nSPS) is 21.0. The summed E-state index contributed by atoms with van der Waals surface area (Å²) in [6.07, 6.45) is 2.97. The summed E-state index contributed by atoms with van der Waals surface area (Å²) in [5.74, 6) is 0.164. The third kappa shape index (κ3) is 4.17. The predicted molar refractivity (Wildman–Crippen MR) is 115 cm³/mol. The van der Waals surface area contributed by atoms with Gasteiger partial charge in [0.25, 0.3) is 0 Å². The van der Waals surface area contributed by atoms with Crippen molar-refractivity contribution in [2.24, 2.45) is 5.41 Å². The highest BCUT2D eigenvalue weighted by molar-refractivity contribution is 5.96. The van der Waals surface area contributed by atoms with Crippen LogP contribution in [0.1, 0.15) is 53.1 Å². The zero-order valence-electron chi connectivity index (χ0n) is 17.5. The van der Waals surface area contributed by atoms with E-state index in [-0.39, 0.29) is 23.4 Å². The lowest BCUT2D eigenvalue weighted by Crippen LogP contribution is -2.46. The maximum absolute atomic E-state index is 13.3. The van der Waals surface area contributed by atoms with Gasteiger partial charge in [-0.25, -0.2) is 4.39 Å². The standard InChI is InChI=1S/C25H29FN2O2/c1-18-4-6-20(7-5-18)23(29)3-2-14-28-15-12-25(13-16-28)22(17-27-24(25)30)19-8-10-21(26)11-9-19/h4-11,22H,2-3,12-17H2,1H3,(H,27,30)/t22-/m1/s1. The van der Waals surface area contributed by atoms with Gasteiger partial charge in [0.2, 0.25) is 5.91 Å². The molecule has 0 bridgehead atoms. The first-order valence-corrected chi connectivity index (χ1v) is 10.8. The fourth-order valence-corrected chi connectivity index (χ4v) is 4.95. The third-order valence-corrected chi connectivity index (χ3v) is 6.86. The number of carbonyl (C=O) groups is 2. The quantitative estimate of drug-likeness (QED) is 0.733. The number of carbonyl (C=O) groups excluding carboxylic acids is 2. The van der Waals surface area contributed by atoms with E-state index in [1.807, 2.05) is 43.3 Å². The van der Waals surface area contributed by atoms with E-state index < -0.39 is 5.41 Å². The summed E-state index contributed by atoms with van der Waals surface area (Å²) >= 11 is 0. The first-order valence-electron chi connectivity index (χ1n) is 10.8. The van der Waals surface area contributed by atoms with E-state index in [0.717, 1.165) is 55.6 Å². The molecule has 2 aromatic rings. The number of rotatable bonds is 6. The van der Waals surface area contributed by atoms with Crippen LogP contribution in [0.5, 0.6) is 0 Å². The van der Waals surface area contributed by atoms with Crippen LogP contribution in [-0.4, -0.2) is 42.8 Å².